The number of nitrogens with zero attached hydrogens (tertiary/aromatic N) is 1. The van der Waals surface area contributed by atoms with E-state index >= 15 is 0 Å². The molecule has 0 saturated carbocycles. The molecule has 0 amide bonds. The van der Waals surface area contributed by atoms with Gasteiger partial charge < -0.3 is 16.2 Å². The quantitative estimate of drug-likeness (QED) is 0.344. The number of carbonyl (C=O) groups is 1. The molecule has 1 aliphatic heterocycles. The Morgan fingerprint density at radius 1 is 1.07 bits per heavy atom. The summed E-state index contributed by atoms with van der Waals surface area (Å²) in [5.74, 6) is -0.472. The van der Waals surface area contributed by atoms with Crippen LogP contribution in [0, 0.1) is 16.7 Å². The molecule has 146 valence electrons. The Bertz CT molecular complexity index is 894. The van der Waals surface area contributed by atoms with Crippen LogP contribution in [0.1, 0.15) is 28.2 Å². The molecule has 1 fully saturated rings. The number of amidine groups is 2. The van der Waals surface area contributed by atoms with Crippen LogP contribution in [0.2, 0.25) is 0 Å². The van der Waals surface area contributed by atoms with E-state index in [-0.39, 0.29) is 29.5 Å². The van der Waals surface area contributed by atoms with Gasteiger partial charge in [0.1, 0.15) is 11.7 Å². The fourth-order valence-corrected chi connectivity index (χ4v) is 3.73. The Labute approximate surface area is 164 Å². The lowest BCUT2D eigenvalue weighted by molar-refractivity contribution is -0.145. The topological polar surface area (TPSA) is 129 Å². The monoisotopic (exact) mass is 379 g/mol. The summed E-state index contributed by atoms with van der Waals surface area (Å²) in [6, 6.07) is 15.1. The molecule has 0 aromatic heterocycles. The van der Waals surface area contributed by atoms with Gasteiger partial charge in [0.25, 0.3) is 0 Å². The highest BCUT2D eigenvalue weighted by Gasteiger charge is 2.39. The minimum Gasteiger partial charge on any atom is -0.469 e. The van der Waals surface area contributed by atoms with Gasteiger partial charge in [0.05, 0.1) is 13.0 Å². The van der Waals surface area contributed by atoms with E-state index in [1.807, 2.05) is 42.5 Å². The zero-order valence-corrected chi connectivity index (χ0v) is 15.8. The number of carbonyl (C=O) groups excluding carboxylic acids is 1. The summed E-state index contributed by atoms with van der Waals surface area (Å²) in [4.78, 5) is 14.6. The van der Waals surface area contributed by atoms with Crippen molar-refractivity contribution in [2.75, 3.05) is 20.2 Å². The van der Waals surface area contributed by atoms with E-state index in [4.69, 9.17) is 27.0 Å². The van der Waals surface area contributed by atoms with Gasteiger partial charge in [-0.1, -0.05) is 42.5 Å². The van der Waals surface area contributed by atoms with Gasteiger partial charge in [-0.15, -0.1) is 0 Å². The zero-order chi connectivity index (χ0) is 20.3. The second-order valence-corrected chi connectivity index (χ2v) is 7.08. The molecule has 2 aromatic rings. The van der Waals surface area contributed by atoms with Gasteiger partial charge in [-0.3, -0.25) is 20.5 Å². The van der Waals surface area contributed by atoms with Crippen LogP contribution in [-0.4, -0.2) is 42.7 Å². The number of nitrogens with one attached hydrogen (secondary N) is 2. The van der Waals surface area contributed by atoms with E-state index in [0.29, 0.717) is 30.8 Å². The van der Waals surface area contributed by atoms with E-state index in [9.17, 15) is 4.79 Å². The van der Waals surface area contributed by atoms with Crippen LogP contribution in [0.5, 0.6) is 0 Å². The second-order valence-electron chi connectivity index (χ2n) is 7.08. The van der Waals surface area contributed by atoms with Crippen molar-refractivity contribution in [3.05, 3.63) is 70.8 Å². The lowest BCUT2D eigenvalue weighted by Crippen LogP contribution is -2.24. The number of methoxy groups -OCH3 is 1. The van der Waals surface area contributed by atoms with E-state index in [1.54, 1.807) is 6.07 Å². The summed E-state index contributed by atoms with van der Waals surface area (Å²) >= 11 is 0. The van der Waals surface area contributed by atoms with E-state index < -0.39 is 0 Å². The third-order valence-corrected chi connectivity index (χ3v) is 5.20. The first-order valence-electron chi connectivity index (χ1n) is 9.07. The molecule has 6 N–H and O–H groups in total. The first-order chi connectivity index (χ1) is 13.4. The number of likely N-dealkylation sites (tertiary alicyclic amines) is 1. The Morgan fingerprint density at radius 2 is 1.75 bits per heavy atom. The van der Waals surface area contributed by atoms with Crippen LogP contribution < -0.4 is 11.5 Å². The van der Waals surface area contributed by atoms with Crippen LogP contribution in [0.25, 0.3) is 0 Å². The molecular weight excluding hydrogens is 354 g/mol. The van der Waals surface area contributed by atoms with Gasteiger partial charge in [0.15, 0.2) is 0 Å². The van der Waals surface area contributed by atoms with Crippen LogP contribution in [0.15, 0.2) is 48.5 Å². The molecule has 0 radical (unpaired) electrons. The zero-order valence-electron chi connectivity index (χ0n) is 15.8. The molecule has 0 spiro atoms. The summed E-state index contributed by atoms with van der Waals surface area (Å²) in [5.41, 5.74) is 14.5. The van der Waals surface area contributed by atoms with Gasteiger partial charge in [-0.2, -0.15) is 0 Å². The van der Waals surface area contributed by atoms with Crippen molar-refractivity contribution < 1.29 is 9.53 Å². The molecule has 1 aliphatic rings. The van der Waals surface area contributed by atoms with E-state index in [1.165, 1.54) is 7.11 Å². The number of nitrogen functional groups attached to an aromatic ring is 2. The molecule has 28 heavy (non-hydrogen) atoms. The highest BCUT2D eigenvalue weighted by Crippen LogP contribution is 2.34. The van der Waals surface area contributed by atoms with Crippen molar-refractivity contribution in [2.24, 2.45) is 17.4 Å². The fraction of sp³-hybridized carbons (Fsp3) is 0.286. The average Bonchev–Trinajstić information content (AvgIpc) is 3.11. The fourth-order valence-electron chi connectivity index (χ4n) is 3.73. The highest BCUT2D eigenvalue weighted by molar-refractivity contribution is 5.95. The highest BCUT2D eigenvalue weighted by atomic mass is 16.5. The third-order valence-electron chi connectivity index (χ3n) is 5.20. The van der Waals surface area contributed by atoms with Crippen molar-refractivity contribution >= 4 is 17.6 Å². The van der Waals surface area contributed by atoms with Crippen molar-refractivity contribution in [1.29, 1.82) is 10.8 Å². The third kappa shape index (κ3) is 4.20. The molecule has 1 saturated heterocycles. The van der Waals surface area contributed by atoms with Gasteiger partial charge in [-0.25, -0.2) is 0 Å². The maximum atomic E-state index is 12.4. The normalized spacial score (nSPS) is 19.3. The molecule has 2 atom stereocenters. The molecule has 0 bridgehead atoms. The number of rotatable bonds is 6. The molecule has 0 unspecified atom stereocenters. The Kier molecular flexibility index (Phi) is 5.75. The van der Waals surface area contributed by atoms with Crippen LogP contribution in [-0.2, 0) is 16.1 Å². The lowest BCUT2D eigenvalue weighted by atomic mass is 9.88. The molecule has 1 heterocycles. The van der Waals surface area contributed by atoms with E-state index in [0.717, 1.165) is 11.1 Å². The van der Waals surface area contributed by atoms with Crippen molar-refractivity contribution in [2.45, 2.75) is 12.5 Å². The summed E-state index contributed by atoms with van der Waals surface area (Å²) in [7, 11) is 1.41. The Morgan fingerprint density at radius 3 is 2.36 bits per heavy atom. The number of hydrogen-bond donors (Lipinski definition) is 4. The molecule has 0 aliphatic carbocycles. The summed E-state index contributed by atoms with van der Waals surface area (Å²) < 4.78 is 5.03. The molecule has 2 aromatic carbocycles. The predicted octanol–water partition coefficient (Wildman–Crippen LogP) is 1.64. The Balaban J connectivity index is 1.80. The molecule has 3 rings (SSSR count). The minimum absolute atomic E-state index is 0.0110. The van der Waals surface area contributed by atoms with Gasteiger partial charge >= 0.3 is 5.97 Å². The van der Waals surface area contributed by atoms with Crippen molar-refractivity contribution in [3.63, 3.8) is 0 Å². The second kappa shape index (κ2) is 8.22. The summed E-state index contributed by atoms with van der Waals surface area (Å²) in [6.45, 7) is 1.99. The lowest BCUT2D eigenvalue weighted by Gasteiger charge is -2.17. The standard InChI is InChI=1S/C21H25N5O2/c1-28-21(27)18-12-26(10-13-5-7-14(8-6-13)19(22)23)11-17(18)15-3-2-4-16(9-15)20(24)25/h2-9,17-18H,10-12H2,1H3,(H3,22,23)(H3,24,25)/t17-,18+/m1/s1. The van der Waals surface area contributed by atoms with Gasteiger partial charge in [-0.05, 0) is 17.2 Å². The van der Waals surface area contributed by atoms with Crippen LogP contribution in [0.4, 0.5) is 0 Å². The van der Waals surface area contributed by atoms with Crippen LogP contribution >= 0.6 is 0 Å². The van der Waals surface area contributed by atoms with Gasteiger partial charge in [0.2, 0.25) is 0 Å². The van der Waals surface area contributed by atoms with Gasteiger partial charge in [0, 0.05) is 36.7 Å². The summed E-state index contributed by atoms with van der Waals surface area (Å²) in [5, 5.41) is 15.1. The number of hydrogen-bond acceptors (Lipinski definition) is 5. The number of esters is 1. The molecule has 7 heteroatoms. The predicted molar refractivity (Wildman–Crippen MR) is 108 cm³/mol. The number of benzene rings is 2. The number of ether oxygens (including phenoxy) is 1. The first kappa shape index (κ1) is 19.6. The minimum atomic E-state index is -0.274. The molecule has 7 nitrogen and oxygen atoms in total. The first-order valence-corrected chi connectivity index (χ1v) is 9.07. The van der Waals surface area contributed by atoms with Crippen LogP contribution in [0.3, 0.4) is 0 Å². The Hall–Kier alpha value is -3.19. The smallest absolute Gasteiger partial charge is 0.310 e. The SMILES string of the molecule is COC(=O)[C@H]1CN(Cc2ccc(C(=N)N)cc2)C[C@@H]1c1cccc(C(=N)N)c1. The average molecular weight is 379 g/mol. The van der Waals surface area contributed by atoms with Crippen molar-refractivity contribution in [3.8, 4) is 0 Å². The maximum absolute atomic E-state index is 12.4. The largest absolute Gasteiger partial charge is 0.469 e. The van der Waals surface area contributed by atoms with E-state index in [2.05, 4.69) is 4.90 Å². The van der Waals surface area contributed by atoms with Crippen molar-refractivity contribution in [1.82, 2.24) is 4.90 Å². The number of nitrogens with two attached hydrogens (primary N) is 2. The summed E-state index contributed by atoms with van der Waals surface area (Å²) in [6.07, 6.45) is 0. The maximum Gasteiger partial charge on any atom is 0.310 e. The molecular formula is C21H25N5O2.